The van der Waals surface area contributed by atoms with Crippen molar-refractivity contribution in [3.63, 3.8) is 0 Å². The van der Waals surface area contributed by atoms with Crippen molar-refractivity contribution in [2.45, 2.75) is 19.1 Å². The van der Waals surface area contributed by atoms with Crippen molar-refractivity contribution in [2.75, 3.05) is 6.54 Å². The molecule has 1 aromatic carbocycles. The first kappa shape index (κ1) is 15.9. The average Bonchev–Trinajstić information content (AvgIpc) is 2.86. The van der Waals surface area contributed by atoms with E-state index in [-0.39, 0.29) is 6.54 Å². The van der Waals surface area contributed by atoms with Crippen LogP contribution in [-0.2, 0) is 12.7 Å². The number of thiophene rings is 1. The Hall–Kier alpha value is -1.47. The molecule has 0 radical (unpaired) electrons. The van der Waals surface area contributed by atoms with E-state index in [1.165, 1.54) is 23.5 Å². The van der Waals surface area contributed by atoms with Gasteiger partial charge in [0, 0.05) is 6.54 Å². The fourth-order valence-corrected chi connectivity index (χ4v) is 2.73. The maximum Gasteiger partial charge on any atom is 0.416 e. The first-order valence-electron chi connectivity index (χ1n) is 6.09. The number of rotatable bonds is 5. The summed E-state index contributed by atoms with van der Waals surface area (Å²) in [4.78, 5) is 0. The Bertz CT molecular complexity index is 574. The lowest BCUT2D eigenvalue weighted by Gasteiger charge is -2.09. The molecule has 0 fully saturated rings. The van der Waals surface area contributed by atoms with Crippen LogP contribution in [-0.4, -0.2) is 13.0 Å². The van der Waals surface area contributed by atoms with E-state index in [2.05, 4.69) is 5.32 Å². The molecule has 1 aromatic heterocycles. The SMILES string of the molecule is FC(F)CNCc1cscc1-c1ccc(C(F)(F)F)cc1. The molecule has 0 unspecified atom stereocenters. The standard InChI is InChI=1S/C14H12F5NS/c15-13(16)6-20-5-10-7-21-8-12(10)9-1-3-11(4-2-9)14(17,18)19/h1-4,7-8,13,20H,5-6H2. The third-order valence-electron chi connectivity index (χ3n) is 2.88. The predicted molar refractivity (Wildman–Crippen MR) is 72.5 cm³/mol. The largest absolute Gasteiger partial charge is 0.416 e. The third-order valence-corrected chi connectivity index (χ3v) is 3.67. The lowest BCUT2D eigenvalue weighted by atomic mass is 10.0. The smallest absolute Gasteiger partial charge is 0.307 e. The minimum absolute atomic E-state index is 0.254. The molecular formula is C14H12F5NS. The Kier molecular flexibility index (Phi) is 4.95. The highest BCUT2D eigenvalue weighted by Crippen LogP contribution is 2.32. The van der Waals surface area contributed by atoms with Gasteiger partial charge in [0.1, 0.15) is 0 Å². The molecule has 0 saturated carbocycles. The Balaban J connectivity index is 2.13. The molecule has 0 amide bonds. The second-order valence-corrected chi connectivity index (χ2v) is 5.15. The molecule has 0 saturated heterocycles. The van der Waals surface area contributed by atoms with Gasteiger partial charge in [-0.15, -0.1) is 0 Å². The van der Waals surface area contributed by atoms with E-state index in [4.69, 9.17) is 0 Å². The van der Waals surface area contributed by atoms with E-state index >= 15 is 0 Å². The number of alkyl halides is 5. The normalized spacial score (nSPS) is 12.1. The zero-order chi connectivity index (χ0) is 15.5. The van der Waals surface area contributed by atoms with Crippen molar-refractivity contribution in [2.24, 2.45) is 0 Å². The van der Waals surface area contributed by atoms with Gasteiger partial charge in [-0.25, -0.2) is 8.78 Å². The van der Waals surface area contributed by atoms with Gasteiger partial charge < -0.3 is 5.32 Å². The van der Waals surface area contributed by atoms with Gasteiger partial charge in [-0.05, 0) is 39.6 Å². The molecule has 2 aromatic rings. The second-order valence-electron chi connectivity index (χ2n) is 4.41. The van der Waals surface area contributed by atoms with E-state index in [1.807, 2.05) is 0 Å². The highest BCUT2D eigenvalue weighted by atomic mass is 32.1. The van der Waals surface area contributed by atoms with Gasteiger partial charge in [0.05, 0.1) is 12.1 Å². The molecule has 0 aliphatic heterocycles. The summed E-state index contributed by atoms with van der Waals surface area (Å²) in [5.41, 5.74) is 1.48. The molecule has 0 bridgehead atoms. The van der Waals surface area contributed by atoms with Crippen molar-refractivity contribution < 1.29 is 22.0 Å². The fraction of sp³-hybridized carbons (Fsp3) is 0.286. The van der Waals surface area contributed by atoms with Crippen molar-refractivity contribution in [3.8, 4) is 11.1 Å². The number of benzene rings is 1. The second kappa shape index (κ2) is 6.53. The summed E-state index contributed by atoms with van der Waals surface area (Å²) in [6, 6.07) is 4.82. The van der Waals surface area contributed by atoms with Crippen LogP contribution in [0.25, 0.3) is 11.1 Å². The lowest BCUT2D eigenvalue weighted by Crippen LogP contribution is -2.20. The van der Waals surface area contributed by atoms with Crippen LogP contribution in [0, 0.1) is 0 Å². The van der Waals surface area contributed by atoms with Gasteiger partial charge in [0.15, 0.2) is 0 Å². The van der Waals surface area contributed by atoms with Gasteiger partial charge >= 0.3 is 6.18 Å². The zero-order valence-corrected chi connectivity index (χ0v) is 11.6. The quantitative estimate of drug-likeness (QED) is 0.781. The molecule has 7 heteroatoms. The van der Waals surface area contributed by atoms with Crippen LogP contribution >= 0.6 is 11.3 Å². The summed E-state index contributed by atoms with van der Waals surface area (Å²) < 4.78 is 61.7. The van der Waals surface area contributed by atoms with E-state index in [1.54, 1.807) is 10.8 Å². The van der Waals surface area contributed by atoms with Crippen molar-refractivity contribution in [1.82, 2.24) is 5.32 Å². The van der Waals surface area contributed by atoms with Gasteiger partial charge in [0.2, 0.25) is 0 Å². The Morgan fingerprint density at radius 2 is 1.71 bits per heavy atom. The van der Waals surface area contributed by atoms with E-state index in [9.17, 15) is 22.0 Å². The molecule has 0 aliphatic carbocycles. The van der Waals surface area contributed by atoms with Gasteiger partial charge in [-0.3, -0.25) is 0 Å². The minimum Gasteiger partial charge on any atom is -0.307 e. The maximum atomic E-state index is 12.5. The highest BCUT2D eigenvalue weighted by Gasteiger charge is 2.30. The molecule has 0 aliphatic rings. The summed E-state index contributed by atoms with van der Waals surface area (Å²) >= 11 is 1.38. The Morgan fingerprint density at radius 1 is 1.05 bits per heavy atom. The topological polar surface area (TPSA) is 12.0 Å². The molecule has 1 nitrogen and oxygen atoms in total. The van der Waals surface area contributed by atoms with Crippen LogP contribution in [0.4, 0.5) is 22.0 Å². The summed E-state index contributed by atoms with van der Waals surface area (Å²) in [7, 11) is 0. The summed E-state index contributed by atoms with van der Waals surface area (Å²) in [5.74, 6) is 0. The monoisotopic (exact) mass is 321 g/mol. The predicted octanol–water partition coefficient (Wildman–Crippen LogP) is 4.79. The summed E-state index contributed by atoms with van der Waals surface area (Å²) in [6.45, 7) is -0.160. The number of hydrogen-bond acceptors (Lipinski definition) is 2. The summed E-state index contributed by atoms with van der Waals surface area (Å²) in [5, 5.41) is 6.20. The van der Waals surface area contributed by atoms with Crippen LogP contribution in [0.15, 0.2) is 35.0 Å². The average molecular weight is 321 g/mol. The van der Waals surface area contributed by atoms with E-state index < -0.39 is 24.7 Å². The molecule has 21 heavy (non-hydrogen) atoms. The summed E-state index contributed by atoms with van der Waals surface area (Å²) in [6.07, 6.45) is -6.80. The molecule has 114 valence electrons. The first-order valence-corrected chi connectivity index (χ1v) is 7.04. The van der Waals surface area contributed by atoms with Crippen molar-refractivity contribution >= 4 is 11.3 Å². The lowest BCUT2D eigenvalue weighted by molar-refractivity contribution is -0.137. The third kappa shape index (κ3) is 4.25. The number of hydrogen-bond donors (Lipinski definition) is 1. The van der Waals surface area contributed by atoms with Crippen molar-refractivity contribution in [3.05, 3.63) is 46.2 Å². The molecule has 1 heterocycles. The van der Waals surface area contributed by atoms with Crippen LogP contribution in [0.5, 0.6) is 0 Å². The van der Waals surface area contributed by atoms with Gasteiger partial charge in [-0.1, -0.05) is 12.1 Å². The molecule has 0 spiro atoms. The molecular weight excluding hydrogens is 309 g/mol. The molecule has 1 N–H and O–H groups in total. The molecule has 2 rings (SSSR count). The maximum absolute atomic E-state index is 12.5. The van der Waals surface area contributed by atoms with Crippen LogP contribution in [0.3, 0.4) is 0 Å². The first-order chi connectivity index (χ1) is 9.88. The van der Waals surface area contributed by atoms with Crippen molar-refractivity contribution in [1.29, 1.82) is 0 Å². The minimum atomic E-state index is -4.37. The van der Waals surface area contributed by atoms with Crippen LogP contribution in [0.2, 0.25) is 0 Å². The number of nitrogens with one attached hydrogen (secondary N) is 1. The van der Waals surface area contributed by atoms with E-state index in [0.29, 0.717) is 5.56 Å². The van der Waals surface area contributed by atoms with Gasteiger partial charge in [-0.2, -0.15) is 24.5 Å². The Morgan fingerprint density at radius 3 is 2.29 bits per heavy atom. The Labute approximate surface area is 122 Å². The van der Waals surface area contributed by atoms with Crippen LogP contribution < -0.4 is 5.32 Å². The molecule has 0 atom stereocenters. The van der Waals surface area contributed by atoms with E-state index in [0.717, 1.165) is 23.3 Å². The van der Waals surface area contributed by atoms with Gasteiger partial charge in [0.25, 0.3) is 6.43 Å². The van der Waals surface area contributed by atoms with Crippen LogP contribution in [0.1, 0.15) is 11.1 Å². The highest BCUT2D eigenvalue weighted by molar-refractivity contribution is 7.08. The zero-order valence-electron chi connectivity index (χ0n) is 10.8. The fourth-order valence-electron chi connectivity index (χ4n) is 1.87. The number of halogens is 5.